The molecule has 1 aromatic carbocycles. The summed E-state index contributed by atoms with van der Waals surface area (Å²) in [6, 6.07) is 3.13. The number of nitrogens with zero attached hydrogens (tertiary/aromatic N) is 3. The van der Waals surface area contributed by atoms with E-state index >= 15 is 0 Å². The van der Waals surface area contributed by atoms with Gasteiger partial charge >= 0.3 is 6.18 Å². The van der Waals surface area contributed by atoms with Crippen molar-refractivity contribution < 1.29 is 26.1 Å². The molecule has 0 aliphatic carbocycles. The van der Waals surface area contributed by atoms with E-state index in [4.69, 9.17) is 9.66 Å². The number of rotatable bonds is 4. The van der Waals surface area contributed by atoms with E-state index in [-0.39, 0.29) is 0 Å². The summed E-state index contributed by atoms with van der Waals surface area (Å²) in [5, 5.41) is 8.86. The normalized spacial score (nSPS) is 16.6. The third-order valence-electron chi connectivity index (χ3n) is 4.88. The molecule has 1 aromatic heterocycles. The molecule has 11 heteroatoms. The van der Waals surface area contributed by atoms with Gasteiger partial charge in [-0.15, -0.1) is 0 Å². The Morgan fingerprint density at radius 3 is 2.32 bits per heavy atom. The van der Waals surface area contributed by atoms with Crippen LogP contribution in [0.15, 0.2) is 27.6 Å². The van der Waals surface area contributed by atoms with Crippen LogP contribution in [0.25, 0.3) is 0 Å². The molecule has 3 rings (SSSR count). The molecule has 1 aliphatic heterocycles. The summed E-state index contributed by atoms with van der Waals surface area (Å²) >= 11 is 0. The molecule has 154 valence electrons. The van der Waals surface area contributed by atoms with Crippen LogP contribution in [-0.2, 0) is 22.7 Å². The standard InChI is InChI=1S/C17H21F3N4O3S/c1-11-14(12(2)27-22-11)10-23-5-7-24(8-6-23)13-3-4-16(28(21,25)26)15(9-13)17(18,19)20/h3-4,9H,5-8,10H2,1-2H3,(H2,21,25,26). The van der Waals surface area contributed by atoms with Crippen LogP contribution in [0.4, 0.5) is 18.9 Å². The van der Waals surface area contributed by atoms with Crippen molar-refractivity contribution in [3.63, 3.8) is 0 Å². The highest BCUT2D eigenvalue weighted by atomic mass is 32.2. The molecular weight excluding hydrogens is 397 g/mol. The van der Waals surface area contributed by atoms with Gasteiger partial charge in [0.1, 0.15) is 5.76 Å². The van der Waals surface area contributed by atoms with Crippen molar-refractivity contribution in [2.24, 2.45) is 5.14 Å². The van der Waals surface area contributed by atoms with Crippen molar-refractivity contribution in [1.29, 1.82) is 0 Å². The van der Waals surface area contributed by atoms with Crippen LogP contribution in [0.5, 0.6) is 0 Å². The van der Waals surface area contributed by atoms with Crippen LogP contribution in [0, 0.1) is 13.8 Å². The Hall–Kier alpha value is -2.11. The van der Waals surface area contributed by atoms with Gasteiger partial charge in [-0.1, -0.05) is 5.16 Å². The molecule has 28 heavy (non-hydrogen) atoms. The van der Waals surface area contributed by atoms with Crippen LogP contribution in [-0.4, -0.2) is 44.7 Å². The molecule has 1 fully saturated rings. The van der Waals surface area contributed by atoms with E-state index in [2.05, 4.69) is 10.1 Å². The second-order valence-electron chi connectivity index (χ2n) is 6.79. The predicted molar refractivity (Wildman–Crippen MR) is 96.3 cm³/mol. The van der Waals surface area contributed by atoms with Crippen LogP contribution in [0.1, 0.15) is 22.6 Å². The minimum absolute atomic E-state index is 0.316. The Morgan fingerprint density at radius 1 is 1.18 bits per heavy atom. The van der Waals surface area contributed by atoms with Crippen LogP contribution in [0.2, 0.25) is 0 Å². The number of aryl methyl sites for hydroxylation is 2. The Bertz CT molecular complexity index is 945. The zero-order chi connectivity index (χ0) is 20.7. The second kappa shape index (κ2) is 7.37. The molecule has 1 saturated heterocycles. The largest absolute Gasteiger partial charge is 0.417 e. The fraction of sp³-hybridized carbons (Fsp3) is 0.471. The predicted octanol–water partition coefficient (Wildman–Crippen LogP) is 2.28. The summed E-state index contributed by atoms with van der Waals surface area (Å²) < 4.78 is 68.1. The lowest BCUT2D eigenvalue weighted by atomic mass is 10.1. The van der Waals surface area contributed by atoms with E-state index in [0.717, 1.165) is 29.2 Å². The molecule has 0 spiro atoms. The number of benzene rings is 1. The maximum atomic E-state index is 13.3. The van der Waals surface area contributed by atoms with Gasteiger partial charge in [0.15, 0.2) is 0 Å². The minimum atomic E-state index is -4.82. The number of hydrogen-bond acceptors (Lipinski definition) is 6. The monoisotopic (exact) mass is 418 g/mol. The molecule has 0 saturated carbocycles. The number of nitrogens with two attached hydrogens (primary N) is 1. The number of hydrogen-bond donors (Lipinski definition) is 1. The van der Waals surface area contributed by atoms with Crippen LogP contribution in [0.3, 0.4) is 0 Å². The summed E-state index contributed by atoms with van der Waals surface area (Å²) in [5.41, 5.74) is 0.918. The van der Waals surface area contributed by atoms with Gasteiger partial charge in [0, 0.05) is 44.0 Å². The number of sulfonamides is 1. The van der Waals surface area contributed by atoms with Crippen molar-refractivity contribution in [1.82, 2.24) is 10.1 Å². The molecule has 2 heterocycles. The fourth-order valence-electron chi connectivity index (χ4n) is 3.30. The summed E-state index contributed by atoms with van der Waals surface area (Å²) in [5.74, 6) is 0.758. The Labute approximate surface area is 160 Å². The highest BCUT2D eigenvalue weighted by Crippen LogP contribution is 2.36. The Morgan fingerprint density at radius 2 is 1.82 bits per heavy atom. The lowest BCUT2D eigenvalue weighted by Crippen LogP contribution is -2.46. The van der Waals surface area contributed by atoms with Gasteiger partial charge in [-0.3, -0.25) is 4.90 Å². The lowest BCUT2D eigenvalue weighted by molar-refractivity contribution is -0.139. The van der Waals surface area contributed by atoms with Crippen molar-refractivity contribution >= 4 is 15.7 Å². The maximum Gasteiger partial charge on any atom is 0.417 e. The third kappa shape index (κ3) is 4.31. The van der Waals surface area contributed by atoms with Gasteiger partial charge in [0.05, 0.1) is 16.2 Å². The second-order valence-corrected chi connectivity index (χ2v) is 8.32. The molecule has 0 bridgehead atoms. The molecule has 0 unspecified atom stereocenters. The third-order valence-corrected chi connectivity index (χ3v) is 5.84. The van der Waals surface area contributed by atoms with E-state index in [0.29, 0.717) is 38.4 Å². The number of halogens is 3. The first-order valence-electron chi connectivity index (χ1n) is 8.60. The van der Waals surface area contributed by atoms with E-state index in [1.54, 1.807) is 4.90 Å². The molecule has 7 nitrogen and oxygen atoms in total. The molecule has 2 aromatic rings. The zero-order valence-electron chi connectivity index (χ0n) is 15.5. The van der Waals surface area contributed by atoms with E-state index < -0.39 is 26.7 Å². The molecule has 0 atom stereocenters. The number of aromatic nitrogens is 1. The van der Waals surface area contributed by atoms with Crippen molar-refractivity contribution in [3.8, 4) is 0 Å². The van der Waals surface area contributed by atoms with Gasteiger partial charge in [0.2, 0.25) is 10.0 Å². The smallest absolute Gasteiger partial charge is 0.369 e. The van der Waals surface area contributed by atoms with Crippen molar-refractivity contribution in [2.45, 2.75) is 31.5 Å². The molecule has 2 N–H and O–H groups in total. The summed E-state index contributed by atoms with van der Waals surface area (Å²) in [6.45, 7) is 6.67. The van der Waals surface area contributed by atoms with Crippen LogP contribution >= 0.6 is 0 Å². The molecular formula is C17H21F3N4O3S. The van der Waals surface area contributed by atoms with E-state index in [1.165, 1.54) is 6.07 Å². The summed E-state index contributed by atoms with van der Waals surface area (Å²) in [7, 11) is -4.47. The number of anilines is 1. The van der Waals surface area contributed by atoms with E-state index in [9.17, 15) is 21.6 Å². The molecule has 0 amide bonds. The quantitative estimate of drug-likeness (QED) is 0.819. The average Bonchev–Trinajstić information content (AvgIpc) is 2.92. The van der Waals surface area contributed by atoms with E-state index in [1.807, 2.05) is 13.8 Å². The number of primary sulfonamides is 1. The summed E-state index contributed by atoms with van der Waals surface area (Å²) in [6.07, 6.45) is -4.82. The van der Waals surface area contributed by atoms with Crippen molar-refractivity contribution in [2.75, 3.05) is 31.1 Å². The highest BCUT2D eigenvalue weighted by Gasteiger charge is 2.37. The first-order valence-corrected chi connectivity index (χ1v) is 10.1. The zero-order valence-corrected chi connectivity index (χ0v) is 16.3. The fourth-order valence-corrected chi connectivity index (χ4v) is 4.04. The molecule has 0 radical (unpaired) electrons. The number of alkyl halides is 3. The maximum absolute atomic E-state index is 13.3. The summed E-state index contributed by atoms with van der Waals surface area (Å²) in [4.78, 5) is 3.05. The molecule has 1 aliphatic rings. The first-order chi connectivity index (χ1) is 13.0. The number of piperazine rings is 1. The van der Waals surface area contributed by atoms with Crippen molar-refractivity contribution in [3.05, 3.63) is 40.8 Å². The van der Waals surface area contributed by atoms with Crippen LogP contribution < -0.4 is 10.0 Å². The Kier molecular flexibility index (Phi) is 5.43. The lowest BCUT2D eigenvalue weighted by Gasteiger charge is -2.36. The van der Waals surface area contributed by atoms with Gasteiger partial charge in [-0.05, 0) is 32.0 Å². The topological polar surface area (TPSA) is 92.7 Å². The van der Waals surface area contributed by atoms with Gasteiger partial charge in [-0.25, -0.2) is 13.6 Å². The van der Waals surface area contributed by atoms with Gasteiger partial charge in [0.25, 0.3) is 0 Å². The minimum Gasteiger partial charge on any atom is -0.369 e. The first kappa shape index (κ1) is 20.6. The SMILES string of the molecule is Cc1noc(C)c1CN1CCN(c2ccc(S(N)(=O)=O)c(C(F)(F)F)c2)CC1. The average molecular weight is 418 g/mol. The van der Waals surface area contributed by atoms with Gasteiger partial charge in [-0.2, -0.15) is 13.2 Å². The van der Waals surface area contributed by atoms with Gasteiger partial charge < -0.3 is 9.42 Å². The highest BCUT2D eigenvalue weighted by molar-refractivity contribution is 7.89. The Balaban J connectivity index is 1.75.